The molecule has 0 saturated heterocycles. The fraction of sp³-hybridized carbons (Fsp3) is 0.333. The fourth-order valence-electron chi connectivity index (χ4n) is 2.54. The number of esters is 1. The van der Waals surface area contributed by atoms with Gasteiger partial charge in [-0.15, -0.1) is 0 Å². The molecule has 0 bridgehead atoms. The number of pyridine rings is 1. The maximum absolute atomic E-state index is 12.3. The number of hydrogen-bond donors (Lipinski definition) is 2. The lowest BCUT2D eigenvalue weighted by atomic mass is 10.0. The van der Waals surface area contributed by atoms with Gasteiger partial charge in [-0.3, -0.25) is 4.79 Å². The van der Waals surface area contributed by atoms with Crippen molar-refractivity contribution in [2.75, 3.05) is 25.6 Å². The minimum absolute atomic E-state index is 0.132. The SMILES string of the molecule is CCOC(=O)c1c(O)c(CC)c(-c2ccc(N(C)C)cc2)[nH]c1=O. The van der Waals surface area contributed by atoms with Crippen LogP contribution in [-0.4, -0.2) is 36.8 Å². The number of anilines is 1. The van der Waals surface area contributed by atoms with Gasteiger partial charge in [-0.2, -0.15) is 0 Å². The number of ether oxygens (including phenoxy) is 1. The minimum atomic E-state index is -0.819. The molecular weight excluding hydrogens is 308 g/mol. The standard InChI is InChI=1S/C18H22N2O4/c1-5-13-15(11-7-9-12(10-8-11)20(3)4)19-17(22)14(16(13)21)18(23)24-6-2/h7-10H,5-6H2,1-4H3,(H2,19,21,22). The predicted octanol–water partition coefficient (Wildman–Crippen LogP) is 2.55. The van der Waals surface area contributed by atoms with Crippen molar-refractivity contribution in [2.45, 2.75) is 20.3 Å². The molecule has 24 heavy (non-hydrogen) atoms. The third-order valence-electron chi connectivity index (χ3n) is 3.80. The summed E-state index contributed by atoms with van der Waals surface area (Å²) in [5, 5.41) is 10.4. The summed E-state index contributed by atoms with van der Waals surface area (Å²) in [6.45, 7) is 3.62. The van der Waals surface area contributed by atoms with E-state index >= 15 is 0 Å². The van der Waals surface area contributed by atoms with Gasteiger partial charge in [-0.1, -0.05) is 19.1 Å². The average Bonchev–Trinajstić information content (AvgIpc) is 2.54. The molecule has 6 nitrogen and oxygen atoms in total. The van der Waals surface area contributed by atoms with Crippen LogP contribution in [0.1, 0.15) is 29.8 Å². The third-order valence-corrected chi connectivity index (χ3v) is 3.80. The van der Waals surface area contributed by atoms with Crippen LogP contribution in [0.5, 0.6) is 5.75 Å². The highest BCUT2D eigenvalue weighted by Crippen LogP contribution is 2.30. The van der Waals surface area contributed by atoms with Gasteiger partial charge in [-0.25, -0.2) is 4.79 Å². The number of aromatic nitrogens is 1. The van der Waals surface area contributed by atoms with E-state index in [9.17, 15) is 14.7 Å². The van der Waals surface area contributed by atoms with Crippen LogP contribution >= 0.6 is 0 Å². The molecule has 0 radical (unpaired) electrons. The Morgan fingerprint density at radius 2 is 1.83 bits per heavy atom. The molecule has 0 fully saturated rings. The first-order valence-corrected chi connectivity index (χ1v) is 7.83. The van der Waals surface area contributed by atoms with Gasteiger partial charge in [0.25, 0.3) is 5.56 Å². The van der Waals surface area contributed by atoms with Crippen LogP contribution < -0.4 is 10.5 Å². The van der Waals surface area contributed by atoms with Crippen molar-refractivity contribution in [3.63, 3.8) is 0 Å². The molecule has 0 aliphatic heterocycles. The van der Waals surface area contributed by atoms with Crippen LogP contribution in [0.15, 0.2) is 29.1 Å². The van der Waals surface area contributed by atoms with E-state index in [4.69, 9.17) is 4.74 Å². The lowest BCUT2D eigenvalue weighted by Crippen LogP contribution is -2.22. The molecule has 2 rings (SSSR count). The lowest BCUT2D eigenvalue weighted by Gasteiger charge is -2.15. The topological polar surface area (TPSA) is 82.6 Å². The van der Waals surface area contributed by atoms with Crippen LogP contribution in [0, 0.1) is 0 Å². The van der Waals surface area contributed by atoms with Gasteiger partial charge < -0.3 is 19.7 Å². The summed E-state index contributed by atoms with van der Waals surface area (Å²) in [6, 6.07) is 7.57. The van der Waals surface area contributed by atoms with Crippen molar-refractivity contribution in [1.82, 2.24) is 4.98 Å². The minimum Gasteiger partial charge on any atom is -0.506 e. The van der Waals surface area contributed by atoms with E-state index in [0.29, 0.717) is 17.7 Å². The number of carbonyl (C=O) groups excluding carboxylic acids is 1. The van der Waals surface area contributed by atoms with Crippen molar-refractivity contribution in [3.05, 3.63) is 45.7 Å². The Labute approximate surface area is 140 Å². The van der Waals surface area contributed by atoms with Crippen LogP contribution in [0.4, 0.5) is 5.69 Å². The summed E-state index contributed by atoms with van der Waals surface area (Å²) in [5.41, 5.74) is 1.80. The monoisotopic (exact) mass is 330 g/mol. The van der Waals surface area contributed by atoms with Crippen LogP contribution in [0.3, 0.4) is 0 Å². The van der Waals surface area contributed by atoms with Gasteiger partial charge in [-0.05, 0) is 31.0 Å². The van der Waals surface area contributed by atoms with Crippen molar-refractivity contribution < 1.29 is 14.6 Å². The van der Waals surface area contributed by atoms with Crippen LogP contribution in [0.2, 0.25) is 0 Å². The van der Waals surface area contributed by atoms with E-state index < -0.39 is 11.5 Å². The molecule has 0 saturated carbocycles. The molecule has 1 aromatic heterocycles. The van der Waals surface area contributed by atoms with Gasteiger partial charge in [0.05, 0.1) is 12.3 Å². The highest BCUT2D eigenvalue weighted by molar-refractivity contribution is 5.93. The molecule has 6 heteroatoms. The van der Waals surface area contributed by atoms with E-state index in [-0.39, 0.29) is 17.9 Å². The Hall–Kier alpha value is -2.76. The van der Waals surface area contributed by atoms with Gasteiger partial charge in [0.15, 0.2) is 5.56 Å². The molecule has 2 aromatic rings. The Balaban J connectivity index is 2.59. The number of nitrogens with zero attached hydrogens (tertiary/aromatic N) is 1. The van der Waals surface area contributed by atoms with E-state index in [1.54, 1.807) is 6.92 Å². The number of benzene rings is 1. The Morgan fingerprint density at radius 3 is 2.33 bits per heavy atom. The van der Waals surface area contributed by atoms with Crippen molar-refractivity contribution in [2.24, 2.45) is 0 Å². The summed E-state index contributed by atoms with van der Waals surface area (Å²) in [4.78, 5) is 28.9. The smallest absolute Gasteiger partial charge is 0.347 e. The molecule has 2 N–H and O–H groups in total. The van der Waals surface area contributed by atoms with Gasteiger partial charge >= 0.3 is 5.97 Å². The second kappa shape index (κ2) is 7.21. The number of aromatic hydroxyl groups is 1. The molecular formula is C18H22N2O4. The molecule has 1 heterocycles. The zero-order valence-corrected chi connectivity index (χ0v) is 14.3. The first-order chi connectivity index (χ1) is 11.4. The number of rotatable bonds is 5. The zero-order chi connectivity index (χ0) is 17.9. The van der Waals surface area contributed by atoms with Gasteiger partial charge in [0, 0.05) is 25.3 Å². The highest BCUT2D eigenvalue weighted by atomic mass is 16.5. The number of aromatic amines is 1. The van der Waals surface area contributed by atoms with E-state index in [1.807, 2.05) is 50.2 Å². The molecule has 1 aromatic carbocycles. The van der Waals surface area contributed by atoms with Gasteiger partial charge in [0.1, 0.15) is 5.75 Å². The largest absolute Gasteiger partial charge is 0.506 e. The number of nitrogens with one attached hydrogen (secondary N) is 1. The Bertz CT molecular complexity index is 792. The molecule has 128 valence electrons. The normalized spacial score (nSPS) is 10.5. The number of hydrogen-bond acceptors (Lipinski definition) is 5. The second-order valence-corrected chi connectivity index (χ2v) is 5.55. The summed E-state index contributed by atoms with van der Waals surface area (Å²) in [7, 11) is 3.88. The zero-order valence-electron chi connectivity index (χ0n) is 14.3. The Kier molecular flexibility index (Phi) is 5.28. The highest BCUT2D eigenvalue weighted by Gasteiger charge is 2.23. The molecule has 0 amide bonds. The summed E-state index contributed by atoms with van der Waals surface area (Å²) < 4.78 is 4.85. The first-order valence-electron chi connectivity index (χ1n) is 7.83. The number of carbonyl (C=O) groups is 1. The van der Waals surface area contributed by atoms with Crippen molar-refractivity contribution in [1.29, 1.82) is 0 Å². The van der Waals surface area contributed by atoms with E-state index in [1.165, 1.54) is 0 Å². The summed E-state index contributed by atoms with van der Waals surface area (Å²) in [6.07, 6.45) is 0.458. The maximum Gasteiger partial charge on any atom is 0.347 e. The van der Waals surface area contributed by atoms with Crippen LogP contribution in [-0.2, 0) is 11.2 Å². The predicted molar refractivity (Wildman–Crippen MR) is 93.8 cm³/mol. The van der Waals surface area contributed by atoms with Crippen LogP contribution in [0.25, 0.3) is 11.3 Å². The quantitative estimate of drug-likeness (QED) is 0.823. The molecule has 0 aliphatic rings. The molecule has 0 spiro atoms. The molecule has 0 unspecified atom stereocenters. The number of H-pyrrole nitrogens is 1. The molecule has 0 aliphatic carbocycles. The third kappa shape index (κ3) is 3.27. The summed E-state index contributed by atoms with van der Waals surface area (Å²) >= 11 is 0. The first kappa shape index (κ1) is 17.6. The second-order valence-electron chi connectivity index (χ2n) is 5.55. The van der Waals surface area contributed by atoms with E-state index in [2.05, 4.69) is 4.98 Å². The summed E-state index contributed by atoms with van der Waals surface area (Å²) in [5.74, 6) is -1.13. The van der Waals surface area contributed by atoms with Crippen molar-refractivity contribution in [3.8, 4) is 17.0 Å². The average molecular weight is 330 g/mol. The van der Waals surface area contributed by atoms with Crippen molar-refractivity contribution >= 4 is 11.7 Å². The molecule has 0 atom stereocenters. The van der Waals surface area contributed by atoms with Gasteiger partial charge in [0.2, 0.25) is 0 Å². The lowest BCUT2D eigenvalue weighted by molar-refractivity contribution is 0.0520. The maximum atomic E-state index is 12.3. The Morgan fingerprint density at radius 1 is 1.21 bits per heavy atom. The fourth-order valence-corrected chi connectivity index (χ4v) is 2.54. The van der Waals surface area contributed by atoms with E-state index in [0.717, 1.165) is 11.3 Å².